The zero-order chi connectivity index (χ0) is 23.0. The number of amides is 1. The topological polar surface area (TPSA) is 45.1 Å². The molecule has 3 aromatic rings. The summed E-state index contributed by atoms with van der Waals surface area (Å²) in [6.07, 6.45) is -4.10. The van der Waals surface area contributed by atoms with Gasteiger partial charge in [0.15, 0.2) is 5.75 Å². The number of ether oxygens (including phenoxy) is 1. The van der Waals surface area contributed by atoms with Crippen molar-refractivity contribution in [2.45, 2.75) is 12.6 Å². The summed E-state index contributed by atoms with van der Waals surface area (Å²) >= 11 is 1.56. The van der Waals surface area contributed by atoms with Crippen LogP contribution in [-0.4, -0.2) is 47.7 Å². The van der Waals surface area contributed by atoms with Crippen LogP contribution in [-0.2, 0) is 17.4 Å². The van der Waals surface area contributed by atoms with Gasteiger partial charge < -0.3 is 14.5 Å². The Morgan fingerprint density at radius 1 is 1.00 bits per heavy atom. The third-order valence-electron chi connectivity index (χ3n) is 5.70. The van der Waals surface area contributed by atoms with E-state index >= 15 is 0 Å². The largest absolute Gasteiger partial charge is 0.454 e. The van der Waals surface area contributed by atoms with Crippen LogP contribution < -0.4 is 4.74 Å². The lowest BCUT2D eigenvalue weighted by Gasteiger charge is -2.36. The van der Waals surface area contributed by atoms with Crippen molar-refractivity contribution in [1.82, 2.24) is 9.80 Å². The van der Waals surface area contributed by atoms with Crippen LogP contribution in [0.4, 0.5) is 18.9 Å². The van der Waals surface area contributed by atoms with E-state index in [9.17, 15) is 18.0 Å². The summed E-state index contributed by atoms with van der Waals surface area (Å²) in [4.78, 5) is 22.1. The molecule has 5 nitrogen and oxygen atoms in total. The predicted octanol–water partition coefficient (Wildman–Crippen LogP) is 5.34. The minimum atomic E-state index is -4.47. The Kier molecular flexibility index (Phi) is 5.57. The number of rotatable bonds is 2. The third kappa shape index (κ3) is 4.45. The number of hydrogen-bond acceptors (Lipinski definition) is 5. The van der Waals surface area contributed by atoms with E-state index in [1.165, 1.54) is 6.07 Å². The molecule has 0 radical (unpaired) electrons. The van der Waals surface area contributed by atoms with Crippen LogP contribution in [0, 0.1) is 0 Å². The maximum absolute atomic E-state index is 13.3. The van der Waals surface area contributed by atoms with Crippen LogP contribution in [0.15, 0.2) is 65.0 Å². The van der Waals surface area contributed by atoms with Gasteiger partial charge in [0.25, 0.3) is 0 Å². The van der Waals surface area contributed by atoms with Crippen molar-refractivity contribution in [2.75, 3.05) is 26.2 Å². The Bertz CT molecular complexity index is 1200. The third-order valence-corrected chi connectivity index (χ3v) is 6.57. The zero-order valence-corrected chi connectivity index (χ0v) is 18.3. The number of fused-ring (bicyclic) bond motifs is 2. The molecule has 1 aromatic heterocycles. The van der Waals surface area contributed by atoms with Crippen molar-refractivity contribution in [3.63, 3.8) is 0 Å². The molecule has 0 bridgehead atoms. The fourth-order valence-corrected chi connectivity index (χ4v) is 4.68. The summed E-state index contributed by atoms with van der Waals surface area (Å²) in [5.74, 6) is 1.43. The van der Waals surface area contributed by atoms with Crippen molar-refractivity contribution in [3.05, 3.63) is 76.0 Å². The summed E-state index contributed by atoms with van der Waals surface area (Å²) in [6, 6.07) is 14.5. The minimum Gasteiger partial charge on any atom is -0.454 e. The summed E-state index contributed by atoms with van der Waals surface area (Å²) < 4.78 is 45.8. The maximum atomic E-state index is 13.3. The summed E-state index contributed by atoms with van der Waals surface area (Å²) in [5, 5.41) is 1.95. The first kappa shape index (κ1) is 21.5. The number of alkyl halides is 3. The molecule has 1 fully saturated rings. The van der Waals surface area contributed by atoms with Gasteiger partial charge in [-0.3, -0.25) is 4.79 Å². The zero-order valence-electron chi connectivity index (χ0n) is 17.5. The highest BCUT2D eigenvalue weighted by Gasteiger charge is 2.33. The number of carbonyl (C=O) groups excluding carboxylic acids is 1. The van der Waals surface area contributed by atoms with E-state index < -0.39 is 11.7 Å². The molecule has 2 aliphatic heterocycles. The van der Waals surface area contributed by atoms with Gasteiger partial charge in [-0.15, -0.1) is 11.3 Å². The highest BCUT2D eigenvalue weighted by Crippen LogP contribution is 2.41. The summed E-state index contributed by atoms with van der Waals surface area (Å²) in [6.45, 7) is 2.08. The van der Waals surface area contributed by atoms with Gasteiger partial charge in [0.2, 0.25) is 5.91 Å². The van der Waals surface area contributed by atoms with Crippen LogP contribution in [0.5, 0.6) is 11.5 Å². The molecule has 2 aliphatic rings. The van der Waals surface area contributed by atoms with E-state index in [1.807, 2.05) is 45.5 Å². The number of benzene rings is 2. The van der Waals surface area contributed by atoms with Gasteiger partial charge in [0.05, 0.1) is 17.5 Å². The van der Waals surface area contributed by atoms with Crippen molar-refractivity contribution in [1.29, 1.82) is 0 Å². The first-order chi connectivity index (χ1) is 15.9. The Morgan fingerprint density at radius 3 is 2.52 bits per heavy atom. The summed E-state index contributed by atoms with van der Waals surface area (Å²) in [5.41, 5.74) is 0.0655. The smallest absolute Gasteiger partial charge is 0.416 e. The minimum absolute atomic E-state index is 0.0730. The molecular weight excluding hydrogens is 451 g/mol. The average Bonchev–Trinajstić information content (AvgIpc) is 3.25. The van der Waals surface area contributed by atoms with Crippen molar-refractivity contribution < 1.29 is 22.7 Å². The Labute approximate surface area is 192 Å². The fraction of sp³-hybridized carbons (Fsp3) is 0.250. The standard InChI is InChI=1S/C24H20F3N3O2S/c25-24(26,27)16-7-8-21-19(14-16)28-23(18-5-1-2-6-20(18)32-21)30-11-9-29(10-12-30)22(31)15-17-4-3-13-33-17/h1-8,13-14H,9-12,15H2. The van der Waals surface area contributed by atoms with E-state index in [4.69, 9.17) is 4.74 Å². The molecule has 1 amide bonds. The van der Waals surface area contributed by atoms with Crippen molar-refractivity contribution in [3.8, 4) is 11.5 Å². The van der Waals surface area contributed by atoms with Gasteiger partial charge in [0, 0.05) is 31.1 Å². The average molecular weight is 472 g/mol. The molecule has 5 rings (SSSR count). The fourth-order valence-electron chi connectivity index (χ4n) is 3.98. The second kappa shape index (κ2) is 8.55. The van der Waals surface area contributed by atoms with E-state index in [0.29, 0.717) is 49.7 Å². The van der Waals surface area contributed by atoms with Gasteiger partial charge in [-0.2, -0.15) is 13.2 Å². The number of aliphatic imine (C=N–C) groups is 1. The first-order valence-corrected chi connectivity index (χ1v) is 11.4. The van der Waals surface area contributed by atoms with Crippen LogP contribution in [0.25, 0.3) is 0 Å². The first-order valence-electron chi connectivity index (χ1n) is 10.5. The molecule has 2 aromatic carbocycles. The highest BCUT2D eigenvalue weighted by atomic mass is 32.1. The number of hydrogen-bond donors (Lipinski definition) is 0. The molecular formula is C24H20F3N3O2S. The lowest BCUT2D eigenvalue weighted by atomic mass is 10.1. The van der Waals surface area contributed by atoms with Gasteiger partial charge >= 0.3 is 6.18 Å². The molecule has 0 N–H and O–H groups in total. The van der Waals surface area contributed by atoms with Crippen LogP contribution in [0.3, 0.4) is 0 Å². The lowest BCUT2D eigenvalue weighted by Crippen LogP contribution is -2.51. The highest BCUT2D eigenvalue weighted by molar-refractivity contribution is 7.10. The monoisotopic (exact) mass is 471 g/mol. The molecule has 33 heavy (non-hydrogen) atoms. The maximum Gasteiger partial charge on any atom is 0.416 e. The Balaban J connectivity index is 1.42. The van der Waals surface area contributed by atoms with Crippen molar-refractivity contribution in [2.24, 2.45) is 4.99 Å². The number of amidine groups is 1. The second-order valence-electron chi connectivity index (χ2n) is 7.84. The molecule has 0 aliphatic carbocycles. The van der Waals surface area contributed by atoms with E-state index in [0.717, 1.165) is 17.0 Å². The van der Waals surface area contributed by atoms with E-state index in [1.54, 1.807) is 17.4 Å². The van der Waals surface area contributed by atoms with Gasteiger partial charge in [-0.25, -0.2) is 4.99 Å². The molecule has 0 atom stereocenters. The number of thiophene rings is 1. The Morgan fingerprint density at radius 2 is 1.79 bits per heavy atom. The quantitative estimate of drug-likeness (QED) is 0.507. The number of piperazine rings is 1. The molecule has 0 saturated carbocycles. The molecule has 0 unspecified atom stereocenters. The molecule has 0 spiro atoms. The molecule has 9 heteroatoms. The Hall–Kier alpha value is -3.33. The van der Waals surface area contributed by atoms with Gasteiger partial charge in [-0.1, -0.05) is 18.2 Å². The summed E-state index contributed by atoms with van der Waals surface area (Å²) in [7, 11) is 0. The number of halogens is 3. The van der Waals surface area contributed by atoms with Crippen LogP contribution >= 0.6 is 11.3 Å². The number of carbonyl (C=O) groups is 1. The van der Waals surface area contributed by atoms with E-state index in [2.05, 4.69) is 4.99 Å². The van der Waals surface area contributed by atoms with E-state index in [-0.39, 0.29) is 17.3 Å². The van der Waals surface area contributed by atoms with Crippen molar-refractivity contribution >= 4 is 28.8 Å². The van der Waals surface area contributed by atoms with Crippen LogP contribution in [0.2, 0.25) is 0 Å². The van der Waals surface area contributed by atoms with Crippen LogP contribution in [0.1, 0.15) is 16.0 Å². The van der Waals surface area contributed by atoms with Gasteiger partial charge in [-0.05, 0) is 41.8 Å². The SMILES string of the molecule is O=C(Cc1cccs1)N1CCN(C2=Nc3cc(C(F)(F)F)ccc3Oc3ccccc32)CC1. The molecule has 170 valence electrons. The predicted molar refractivity (Wildman–Crippen MR) is 120 cm³/mol. The molecule has 3 heterocycles. The van der Waals surface area contributed by atoms with Gasteiger partial charge in [0.1, 0.15) is 17.3 Å². The second-order valence-corrected chi connectivity index (χ2v) is 8.87. The lowest BCUT2D eigenvalue weighted by molar-refractivity contribution is -0.137. The molecule has 1 saturated heterocycles. The number of para-hydroxylation sites is 1. The number of nitrogens with zero attached hydrogens (tertiary/aromatic N) is 3. The normalized spacial score (nSPS) is 15.8.